The minimum atomic E-state index is -0.722. The minimum Gasteiger partial charge on any atom is -0.458 e. The highest BCUT2D eigenvalue weighted by atomic mass is 19.1. The van der Waals surface area contributed by atoms with Crippen LogP contribution in [0, 0.1) is 11.6 Å². The van der Waals surface area contributed by atoms with E-state index in [-0.39, 0.29) is 30.3 Å². The molecule has 50 heavy (non-hydrogen) atoms. The van der Waals surface area contributed by atoms with Gasteiger partial charge in [-0.15, -0.1) is 0 Å². The molecule has 0 atom stereocenters. The molecule has 0 aliphatic heterocycles. The Labute approximate surface area is 288 Å². The zero-order valence-corrected chi connectivity index (χ0v) is 27.5. The number of halogens is 2. The van der Waals surface area contributed by atoms with Crippen LogP contribution in [0.4, 0.5) is 8.78 Å². The van der Waals surface area contributed by atoms with Crippen molar-refractivity contribution in [1.29, 1.82) is 0 Å². The number of rotatable bonds is 12. The van der Waals surface area contributed by atoms with Crippen LogP contribution in [-0.4, -0.2) is 23.9 Å². The number of carbonyl (C=O) groups is 4. The van der Waals surface area contributed by atoms with Crippen LogP contribution in [0.3, 0.4) is 0 Å². The van der Waals surface area contributed by atoms with Crippen molar-refractivity contribution in [2.75, 3.05) is 0 Å². The zero-order valence-electron chi connectivity index (χ0n) is 27.5. The molecule has 0 aromatic heterocycles. The highest BCUT2D eigenvalue weighted by Crippen LogP contribution is 2.28. The van der Waals surface area contributed by atoms with Gasteiger partial charge < -0.3 is 18.9 Å². The fourth-order valence-corrected chi connectivity index (χ4v) is 3.94. The molecule has 0 bridgehead atoms. The maximum atomic E-state index is 14.2. The first-order valence-corrected chi connectivity index (χ1v) is 14.9. The number of hydrogen-bond acceptors (Lipinski definition) is 8. The van der Waals surface area contributed by atoms with E-state index < -0.39 is 35.5 Å². The molecule has 8 nitrogen and oxygen atoms in total. The van der Waals surface area contributed by atoms with Gasteiger partial charge in [-0.3, -0.25) is 0 Å². The molecule has 0 aliphatic carbocycles. The molecule has 0 unspecified atom stereocenters. The van der Waals surface area contributed by atoms with Crippen LogP contribution in [0.1, 0.15) is 25.0 Å². The van der Waals surface area contributed by atoms with E-state index in [1.165, 1.54) is 31.2 Å². The number of hydrogen-bond donors (Lipinski definition) is 0. The van der Waals surface area contributed by atoms with E-state index in [4.69, 9.17) is 18.9 Å². The monoisotopic (exact) mass is 680 g/mol. The van der Waals surface area contributed by atoms with E-state index in [1.807, 2.05) is 0 Å². The largest absolute Gasteiger partial charge is 0.458 e. The van der Waals surface area contributed by atoms with Crippen molar-refractivity contribution in [3.63, 3.8) is 0 Å². The van der Waals surface area contributed by atoms with Gasteiger partial charge in [0.05, 0.1) is 0 Å². The SMILES string of the molecule is C=C(C)C(=O)OCc1ccc(-c2ccc(OC(=O)C(=C)C)c(F)c2)cc1.C=CC(=O)OCc1ccc(-c2ccc(OC(=O)C=C)c(F)c2)cc1. The van der Waals surface area contributed by atoms with Gasteiger partial charge in [-0.1, -0.05) is 87.0 Å². The quantitative estimate of drug-likeness (QED) is 0.0835. The van der Waals surface area contributed by atoms with Crippen LogP contribution in [0.2, 0.25) is 0 Å². The normalized spacial score (nSPS) is 10.0. The second-order valence-electron chi connectivity index (χ2n) is 10.6. The van der Waals surface area contributed by atoms with Crippen LogP contribution in [0.25, 0.3) is 22.3 Å². The van der Waals surface area contributed by atoms with Crippen molar-refractivity contribution < 1.29 is 46.9 Å². The summed E-state index contributed by atoms with van der Waals surface area (Å²) in [5.74, 6) is -3.93. The summed E-state index contributed by atoms with van der Waals surface area (Å²) < 4.78 is 47.8. The number of ether oxygens (including phenoxy) is 4. The van der Waals surface area contributed by atoms with Crippen LogP contribution in [-0.2, 0) is 41.9 Å². The fourth-order valence-electron chi connectivity index (χ4n) is 3.94. The molecule has 0 amide bonds. The van der Waals surface area contributed by atoms with Gasteiger partial charge in [0, 0.05) is 23.3 Å². The van der Waals surface area contributed by atoms with Crippen LogP contribution < -0.4 is 9.47 Å². The minimum absolute atomic E-state index is 0.135. The molecule has 0 fully saturated rings. The van der Waals surface area contributed by atoms with Crippen molar-refractivity contribution in [2.24, 2.45) is 0 Å². The molecular formula is C40H34F2O8. The summed E-state index contributed by atoms with van der Waals surface area (Å²) in [4.78, 5) is 45.0. The van der Waals surface area contributed by atoms with Crippen molar-refractivity contribution in [1.82, 2.24) is 0 Å². The predicted octanol–water partition coefficient (Wildman–Crippen LogP) is 8.41. The Morgan fingerprint density at radius 2 is 0.960 bits per heavy atom. The highest BCUT2D eigenvalue weighted by Gasteiger charge is 2.12. The van der Waals surface area contributed by atoms with Crippen molar-refractivity contribution >= 4 is 23.9 Å². The van der Waals surface area contributed by atoms with Gasteiger partial charge in [0.1, 0.15) is 13.2 Å². The molecule has 0 radical (unpaired) electrons. The Kier molecular flexibility index (Phi) is 13.9. The van der Waals surface area contributed by atoms with Crippen LogP contribution in [0.15, 0.2) is 135 Å². The van der Waals surface area contributed by atoms with Gasteiger partial charge in [-0.25, -0.2) is 28.0 Å². The molecule has 0 N–H and O–H groups in total. The van der Waals surface area contributed by atoms with Gasteiger partial charge in [-0.05, 0) is 71.5 Å². The summed E-state index contributed by atoms with van der Waals surface area (Å²) in [6, 6.07) is 22.9. The van der Waals surface area contributed by atoms with E-state index in [0.29, 0.717) is 16.7 Å². The van der Waals surface area contributed by atoms with E-state index >= 15 is 0 Å². The summed E-state index contributed by atoms with van der Waals surface area (Å²) in [6.07, 6.45) is 2.06. The molecule has 4 aromatic carbocycles. The van der Waals surface area contributed by atoms with Crippen LogP contribution in [0.5, 0.6) is 11.5 Å². The average molecular weight is 681 g/mol. The van der Waals surface area contributed by atoms with E-state index in [0.717, 1.165) is 34.4 Å². The summed E-state index contributed by atoms with van der Waals surface area (Å²) >= 11 is 0. The van der Waals surface area contributed by atoms with E-state index in [2.05, 4.69) is 26.3 Å². The Balaban J connectivity index is 0.000000271. The summed E-state index contributed by atoms with van der Waals surface area (Å²) in [7, 11) is 0. The predicted molar refractivity (Wildman–Crippen MR) is 185 cm³/mol. The fraction of sp³-hybridized carbons (Fsp3) is 0.100. The first kappa shape index (κ1) is 38.0. The number of esters is 4. The lowest BCUT2D eigenvalue weighted by Gasteiger charge is -2.09. The van der Waals surface area contributed by atoms with E-state index in [9.17, 15) is 28.0 Å². The Hall–Kier alpha value is -6.42. The van der Waals surface area contributed by atoms with Gasteiger partial charge in [-0.2, -0.15) is 0 Å². The van der Waals surface area contributed by atoms with Gasteiger partial charge in [0.15, 0.2) is 23.1 Å². The average Bonchev–Trinajstić information content (AvgIpc) is 3.11. The maximum Gasteiger partial charge on any atom is 0.338 e. The Morgan fingerprint density at radius 1 is 0.560 bits per heavy atom. The third-order valence-electron chi connectivity index (χ3n) is 6.63. The lowest BCUT2D eigenvalue weighted by atomic mass is 10.0. The molecule has 256 valence electrons. The second-order valence-corrected chi connectivity index (χ2v) is 10.6. The zero-order chi connectivity index (χ0) is 36.8. The standard InChI is InChI=1S/C21H19FO4.C19H15FO4/c1-13(2)20(23)25-12-15-5-7-16(8-6-15)17-9-10-19(18(22)11-17)26-21(24)14(3)4;1-3-18(21)23-12-13-5-7-14(8-6-13)15-9-10-17(16(20)11-15)24-19(22)4-2/h5-11H,1,3,12H2,2,4H3;3-11H,1-2,12H2. The Morgan fingerprint density at radius 3 is 1.36 bits per heavy atom. The molecule has 4 aromatic rings. The number of carbonyl (C=O) groups excluding carboxylic acids is 4. The summed E-state index contributed by atoms with van der Waals surface area (Å²) in [6.45, 7) is 16.9. The molecule has 0 saturated heterocycles. The van der Waals surface area contributed by atoms with Crippen LogP contribution >= 0.6 is 0 Å². The molecular weight excluding hydrogens is 646 g/mol. The molecule has 4 rings (SSSR count). The highest BCUT2D eigenvalue weighted by molar-refractivity contribution is 5.89. The molecule has 10 heteroatoms. The smallest absolute Gasteiger partial charge is 0.338 e. The summed E-state index contributed by atoms with van der Waals surface area (Å²) in [5.41, 5.74) is 4.93. The lowest BCUT2D eigenvalue weighted by Crippen LogP contribution is -2.09. The molecule has 0 saturated carbocycles. The van der Waals surface area contributed by atoms with Gasteiger partial charge in [0.25, 0.3) is 0 Å². The third kappa shape index (κ3) is 11.4. The first-order chi connectivity index (χ1) is 23.8. The van der Waals surface area contributed by atoms with Crippen molar-refractivity contribution in [3.05, 3.63) is 157 Å². The topological polar surface area (TPSA) is 105 Å². The lowest BCUT2D eigenvalue weighted by molar-refractivity contribution is -0.140. The molecule has 0 spiro atoms. The third-order valence-corrected chi connectivity index (χ3v) is 6.63. The molecule has 0 aliphatic rings. The summed E-state index contributed by atoms with van der Waals surface area (Å²) in [5, 5.41) is 0. The maximum absolute atomic E-state index is 14.2. The molecule has 0 heterocycles. The van der Waals surface area contributed by atoms with Crippen molar-refractivity contribution in [3.8, 4) is 33.8 Å². The van der Waals surface area contributed by atoms with Crippen molar-refractivity contribution in [2.45, 2.75) is 27.1 Å². The van der Waals surface area contributed by atoms with E-state index in [1.54, 1.807) is 67.6 Å². The second kappa shape index (κ2) is 18.2. The number of benzene rings is 4. The Bertz CT molecular complexity index is 1930. The van der Waals surface area contributed by atoms with Gasteiger partial charge >= 0.3 is 23.9 Å². The first-order valence-electron chi connectivity index (χ1n) is 14.9. The van der Waals surface area contributed by atoms with Gasteiger partial charge in [0.2, 0.25) is 0 Å².